The van der Waals surface area contributed by atoms with Crippen LogP contribution >= 0.6 is 0 Å². The number of hydrogen-bond acceptors (Lipinski definition) is 3. The lowest BCUT2D eigenvalue weighted by molar-refractivity contribution is -0.151. The second-order valence-corrected chi connectivity index (χ2v) is 11.6. The minimum Gasteiger partial charge on any atom is -0.467 e. The third kappa shape index (κ3) is 3.40. The molecule has 1 unspecified atom stereocenters. The van der Waals surface area contributed by atoms with Crippen molar-refractivity contribution in [1.29, 1.82) is 0 Å². The molecule has 0 amide bonds. The predicted molar refractivity (Wildman–Crippen MR) is 116 cm³/mol. The Morgan fingerprint density at radius 3 is 2.69 bits per heavy atom. The van der Waals surface area contributed by atoms with E-state index in [0.29, 0.717) is 29.1 Å². The van der Waals surface area contributed by atoms with Gasteiger partial charge < -0.3 is 9.84 Å². The van der Waals surface area contributed by atoms with Crippen molar-refractivity contribution in [3.05, 3.63) is 11.6 Å². The van der Waals surface area contributed by atoms with Crippen LogP contribution in [0.25, 0.3) is 0 Å². The first kappa shape index (κ1) is 21.4. The van der Waals surface area contributed by atoms with Crippen LogP contribution in [0.1, 0.15) is 85.5 Å². The third-order valence-corrected chi connectivity index (χ3v) is 10.2. The summed E-state index contributed by atoms with van der Waals surface area (Å²) in [6, 6.07) is 0. The maximum absolute atomic E-state index is 11.7. The van der Waals surface area contributed by atoms with E-state index in [1.807, 2.05) is 0 Å². The number of fused-ring (bicyclic) bond motifs is 5. The molecular formula is C26H42O3. The van der Waals surface area contributed by atoms with Crippen molar-refractivity contribution in [3.63, 3.8) is 0 Å². The van der Waals surface area contributed by atoms with Crippen LogP contribution in [0.2, 0.25) is 0 Å². The molecule has 3 saturated carbocycles. The number of carbonyl (C=O) groups is 1. The lowest BCUT2D eigenvalue weighted by atomic mass is 9.46. The summed E-state index contributed by atoms with van der Waals surface area (Å²) in [5.74, 6) is 3.84. The molecule has 0 aromatic rings. The highest BCUT2D eigenvalue weighted by Gasteiger charge is 2.59. The van der Waals surface area contributed by atoms with E-state index < -0.39 is 12.1 Å². The number of allylic oxidation sites excluding steroid dienone is 2. The van der Waals surface area contributed by atoms with Crippen molar-refractivity contribution in [1.82, 2.24) is 0 Å². The van der Waals surface area contributed by atoms with Crippen LogP contribution in [-0.2, 0) is 9.53 Å². The molecule has 0 saturated heterocycles. The fourth-order valence-electron chi connectivity index (χ4n) is 8.57. The normalized spacial score (nSPS) is 46.0. The van der Waals surface area contributed by atoms with Crippen molar-refractivity contribution in [2.75, 3.05) is 7.11 Å². The quantitative estimate of drug-likeness (QED) is 0.480. The first-order valence-electron chi connectivity index (χ1n) is 12.2. The summed E-state index contributed by atoms with van der Waals surface area (Å²) in [5.41, 5.74) is 2.59. The highest BCUT2D eigenvalue weighted by molar-refractivity contribution is 5.74. The Bertz CT molecular complexity index is 669. The van der Waals surface area contributed by atoms with Gasteiger partial charge in [0.05, 0.1) is 7.11 Å². The van der Waals surface area contributed by atoms with Crippen LogP contribution in [0.4, 0.5) is 0 Å². The SMILES string of the molecule is COC(=O)C(O)C[C@@H](C)[C@H]1CC[C@H]2[C@@H]3CC=C4C[C@@H](C)CC[C@]4(C)[C@H]3CC[C@]12C. The average Bonchev–Trinajstić information content (AvgIpc) is 3.05. The first-order chi connectivity index (χ1) is 13.7. The molecule has 4 rings (SSSR count). The van der Waals surface area contributed by atoms with Crippen molar-refractivity contribution >= 4 is 5.97 Å². The van der Waals surface area contributed by atoms with E-state index in [9.17, 15) is 9.90 Å². The molecule has 9 atom stereocenters. The number of aliphatic hydroxyl groups is 1. The average molecular weight is 403 g/mol. The fourth-order valence-corrected chi connectivity index (χ4v) is 8.57. The minimum absolute atomic E-state index is 0.358. The number of ether oxygens (including phenoxy) is 1. The van der Waals surface area contributed by atoms with E-state index >= 15 is 0 Å². The largest absolute Gasteiger partial charge is 0.467 e. The van der Waals surface area contributed by atoms with E-state index in [1.165, 1.54) is 58.5 Å². The van der Waals surface area contributed by atoms with Gasteiger partial charge in [0.1, 0.15) is 0 Å². The van der Waals surface area contributed by atoms with Crippen molar-refractivity contribution in [2.24, 2.45) is 46.3 Å². The monoisotopic (exact) mass is 402 g/mol. The second kappa shape index (κ2) is 7.70. The van der Waals surface area contributed by atoms with Crippen LogP contribution in [0.3, 0.4) is 0 Å². The zero-order chi connectivity index (χ0) is 21.0. The van der Waals surface area contributed by atoms with E-state index in [-0.39, 0.29) is 0 Å². The van der Waals surface area contributed by atoms with Crippen molar-refractivity contribution in [3.8, 4) is 0 Å². The van der Waals surface area contributed by atoms with E-state index in [2.05, 4.69) is 33.8 Å². The fraction of sp³-hybridized carbons (Fsp3) is 0.885. The molecule has 0 bridgehead atoms. The molecule has 4 aliphatic carbocycles. The Kier molecular flexibility index (Phi) is 5.68. The predicted octanol–water partition coefficient (Wildman–Crippen LogP) is 5.76. The second-order valence-electron chi connectivity index (χ2n) is 11.6. The molecule has 3 nitrogen and oxygen atoms in total. The summed E-state index contributed by atoms with van der Waals surface area (Å²) >= 11 is 0. The smallest absolute Gasteiger partial charge is 0.334 e. The molecule has 0 radical (unpaired) electrons. The summed E-state index contributed by atoms with van der Waals surface area (Å²) in [5, 5.41) is 10.2. The standard InChI is InChI=1S/C26H42O3/c1-16-10-12-25(3)18(14-16)6-7-19-21-9-8-20(26(21,4)13-11-22(19)25)17(2)15-23(27)24(28)29-5/h6,16-17,19-23,27H,7-15H2,1-5H3/t16-,17+,19-,20+,21-,22-,23?,25-,26+/m0/s1. The zero-order valence-corrected chi connectivity index (χ0v) is 19.2. The molecule has 3 fully saturated rings. The van der Waals surface area contributed by atoms with Crippen molar-refractivity contribution < 1.29 is 14.6 Å². The number of carbonyl (C=O) groups excluding carboxylic acids is 1. The molecule has 0 aromatic heterocycles. The Morgan fingerprint density at radius 1 is 1.21 bits per heavy atom. The van der Waals surface area contributed by atoms with E-state index in [0.717, 1.165) is 23.7 Å². The summed E-state index contributed by atoms with van der Waals surface area (Å²) in [7, 11) is 1.36. The zero-order valence-electron chi connectivity index (χ0n) is 19.2. The van der Waals surface area contributed by atoms with E-state index in [1.54, 1.807) is 5.57 Å². The molecule has 164 valence electrons. The van der Waals surface area contributed by atoms with Gasteiger partial charge in [0.2, 0.25) is 0 Å². The van der Waals surface area contributed by atoms with Gasteiger partial charge in [-0.3, -0.25) is 0 Å². The molecule has 0 aliphatic heterocycles. The number of esters is 1. The lowest BCUT2D eigenvalue weighted by Gasteiger charge is -2.58. The van der Waals surface area contributed by atoms with Crippen LogP contribution in [0, 0.1) is 46.3 Å². The van der Waals surface area contributed by atoms with Crippen LogP contribution < -0.4 is 0 Å². The molecule has 3 heteroatoms. The summed E-state index contributed by atoms with van der Waals surface area (Å²) in [6.45, 7) is 9.80. The van der Waals surface area contributed by atoms with Gasteiger partial charge in [0, 0.05) is 0 Å². The maximum atomic E-state index is 11.7. The highest BCUT2D eigenvalue weighted by Crippen LogP contribution is 2.67. The number of aliphatic hydroxyl groups excluding tert-OH is 1. The topological polar surface area (TPSA) is 46.5 Å². The molecule has 4 aliphatic rings. The number of rotatable bonds is 4. The number of hydrogen-bond donors (Lipinski definition) is 1. The molecule has 0 spiro atoms. The van der Waals surface area contributed by atoms with Gasteiger partial charge in [-0.25, -0.2) is 4.79 Å². The maximum Gasteiger partial charge on any atom is 0.334 e. The van der Waals surface area contributed by atoms with Crippen LogP contribution in [-0.4, -0.2) is 24.3 Å². The Balaban J connectivity index is 1.52. The summed E-state index contributed by atoms with van der Waals surface area (Å²) in [6.07, 6.45) is 12.9. The molecular weight excluding hydrogens is 360 g/mol. The Morgan fingerprint density at radius 2 is 1.97 bits per heavy atom. The lowest BCUT2D eigenvalue weighted by Crippen LogP contribution is -2.50. The van der Waals surface area contributed by atoms with Crippen LogP contribution in [0.15, 0.2) is 11.6 Å². The van der Waals surface area contributed by atoms with Gasteiger partial charge in [-0.15, -0.1) is 0 Å². The van der Waals surface area contributed by atoms with Gasteiger partial charge in [-0.2, -0.15) is 0 Å². The molecule has 29 heavy (non-hydrogen) atoms. The minimum atomic E-state index is -0.975. The van der Waals surface area contributed by atoms with Gasteiger partial charge in [0.25, 0.3) is 0 Å². The van der Waals surface area contributed by atoms with Gasteiger partial charge in [-0.1, -0.05) is 39.3 Å². The van der Waals surface area contributed by atoms with Gasteiger partial charge in [-0.05, 0) is 104 Å². The number of methoxy groups -OCH3 is 1. The van der Waals surface area contributed by atoms with Gasteiger partial charge >= 0.3 is 5.97 Å². The third-order valence-electron chi connectivity index (χ3n) is 10.2. The first-order valence-corrected chi connectivity index (χ1v) is 12.2. The van der Waals surface area contributed by atoms with Crippen LogP contribution in [0.5, 0.6) is 0 Å². The van der Waals surface area contributed by atoms with Gasteiger partial charge in [0.15, 0.2) is 6.10 Å². The van der Waals surface area contributed by atoms with E-state index in [4.69, 9.17) is 4.74 Å². The molecule has 1 N–H and O–H groups in total. The summed E-state index contributed by atoms with van der Waals surface area (Å²) in [4.78, 5) is 11.7. The Labute approximate surface area is 177 Å². The molecule has 0 heterocycles. The van der Waals surface area contributed by atoms with Crippen molar-refractivity contribution in [2.45, 2.75) is 91.6 Å². The summed E-state index contributed by atoms with van der Waals surface area (Å²) < 4.78 is 4.75. The molecule has 0 aromatic carbocycles. The Hall–Kier alpha value is -0.830. The highest BCUT2D eigenvalue weighted by atomic mass is 16.5.